The number of aryl methyl sites for hydroxylation is 1. The summed E-state index contributed by atoms with van der Waals surface area (Å²) in [6.45, 7) is 8.87. The molecule has 1 saturated heterocycles. The predicted octanol–water partition coefficient (Wildman–Crippen LogP) is 3.60. The van der Waals surface area contributed by atoms with Gasteiger partial charge in [-0.2, -0.15) is 5.10 Å². The van der Waals surface area contributed by atoms with Crippen molar-refractivity contribution >= 4 is 23.2 Å². The molecule has 0 radical (unpaired) electrons. The molecule has 1 aliphatic rings. The minimum atomic E-state index is -0.235. The van der Waals surface area contributed by atoms with Gasteiger partial charge in [-0.3, -0.25) is 9.48 Å². The minimum absolute atomic E-state index is 0.101. The number of piperazine rings is 1. The van der Waals surface area contributed by atoms with Gasteiger partial charge in [0, 0.05) is 32.7 Å². The van der Waals surface area contributed by atoms with E-state index in [9.17, 15) is 9.18 Å². The number of carbonyl (C=O) groups is 1. The van der Waals surface area contributed by atoms with E-state index in [1.807, 2.05) is 17.9 Å². The summed E-state index contributed by atoms with van der Waals surface area (Å²) >= 11 is 6.43. The minimum Gasteiger partial charge on any atom is -0.366 e. The zero-order chi connectivity index (χ0) is 18.8. The Morgan fingerprint density at radius 2 is 1.88 bits per heavy atom. The van der Waals surface area contributed by atoms with Crippen LogP contribution in [0.25, 0.3) is 0 Å². The molecular formula is C19H24ClFN4O. The van der Waals surface area contributed by atoms with Crippen LogP contribution in [0.1, 0.15) is 29.9 Å². The highest BCUT2D eigenvalue weighted by atomic mass is 35.5. The molecule has 2 heterocycles. The smallest absolute Gasteiger partial charge is 0.259 e. The standard InChI is InChI=1S/C19H24ClFN4O/c1-13(2)12-25-18(20)17(14(3)22-25)19(26)24-10-8-23(9-11-24)16-7-5-4-6-15(16)21/h4-7,13H,8-12H2,1-3H3. The SMILES string of the molecule is Cc1nn(CC(C)C)c(Cl)c1C(=O)N1CCN(c2ccccc2F)CC1. The second kappa shape index (κ2) is 7.66. The first-order valence-corrected chi connectivity index (χ1v) is 9.28. The van der Waals surface area contributed by atoms with Gasteiger partial charge in [-0.25, -0.2) is 4.39 Å². The summed E-state index contributed by atoms with van der Waals surface area (Å²) in [6, 6.07) is 6.73. The van der Waals surface area contributed by atoms with Gasteiger partial charge in [0.1, 0.15) is 11.0 Å². The van der Waals surface area contributed by atoms with Crippen LogP contribution in [0.5, 0.6) is 0 Å². The molecule has 2 aromatic rings. The molecular weight excluding hydrogens is 355 g/mol. The highest BCUT2D eigenvalue weighted by molar-refractivity contribution is 6.33. The van der Waals surface area contributed by atoms with E-state index in [0.29, 0.717) is 60.7 Å². The van der Waals surface area contributed by atoms with Crippen molar-refractivity contribution in [3.05, 3.63) is 46.5 Å². The van der Waals surface area contributed by atoms with Gasteiger partial charge in [-0.05, 0) is 25.0 Å². The van der Waals surface area contributed by atoms with Crippen LogP contribution < -0.4 is 4.90 Å². The summed E-state index contributed by atoms with van der Waals surface area (Å²) in [4.78, 5) is 16.7. The predicted molar refractivity (Wildman–Crippen MR) is 101 cm³/mol. The van der Waals surface area contributed by atoms with Gasteiger partial charge in [0.25, 0.3) is 5.91 Å². The molecule has 1 aliphatic heterocycles. The lowest BCUT2D eigenvalue weighted by Gasteiger charge is -2.36. The highest BCUT2D eigenvalue weighted by Crippen LogP contribution is 2.25. The topological polar surface area (TPSA) is 41.4 Å². The molecule has 7 heteroatoms. The van der Waals surface area contributed by atoms with E-state index in [1.54, 1.807) is 21.7 Å². The van der Waals surface area contributed by atoms with Crippen molar-refractivity contribution in [3.8, 4) is 0 Å². The molecule has 0 spiro atoms. The molecule has 0 unspecified atom stereocenters. The van der Waals surface area contributed by atoms with E-state index in [4.69, 9.17) is 11.6 Å². The molecule has 0 bridgehead atoms. The van der Waals surface area contributed by atoms with Crippen molar-refractivity contribution in [2.24, 2.45) is 5.92 Å². The van der Waals surface area contributed by atoms with Crippen molar-refractivity contribution in [1.82, 2.24) is 14.7 Å². The third kappa shape index (κ3) is 3.70. The van der Waals surface area contributed by atoms with E-state index in [-0.39, 0.29) is 11.7 Å². The number of hydrogen-bond donors (Lipinski definition) is 0. The average Bonchev–Trinajstić information content (AvgIpc) is 2.88. The Hall–Kier alpha value is -2.08. The van der Waals surface area contributed by atoms with Crippen LogP contribution in [0.3, 0.4) is 0 Å². The fraction of sp³-hybridized carbons (Fsp3) is 0.474. The van der Waals surface area contributed by atoms with E-state index in [1.165, 1.54) is 6.07 Å². The summed E-state index contributed by atoms with van der Waals surface area (Å²) < 4.78 is 15.7. The molecule has 0 atom stereocenters. The second-order valence-corrected chi connectivity index (χ2v) is 7.42. The first kappa shape index (κ1) is 18.7. The maximum absolute atomic E-state index is 14.0. The molecule has 0 N–H and O–H groups in total. The van der Waals surface area contributed by atoms with Gasteiger partial charge in [0.05, 0.1) is 16.9 Å². The Bertz CT molecular complexity index is 797. The number of para-hydroxylation sites is 1. The maximum atomic E-state index is 14.0. The number of anilines is 1. The van der Waals surface area contributed by atoms with Crippen LogP contribution in [0, 0.1) is 18.7 Å². The molecule has 1 aromatic carbocycles. The Morgan fingerprint density at radius 1 is 1.23 bits per heavy atom. The number of benzene rings is 1. The van der Waals surface area contributed by atoms with Crippen molar-refractivity contribution in [1.29, 1.82) is 0 Å². The summed E-state index contributed by atoms with van der Waals surface area (Å²) in [5, 5.41) is 4.82. The lowest BCUT2D eigenvalue weighted by molar-refractivity contribution is 0.0746. The number of halogens is 2. The number of rotatable bonds is 4. The van der Waals surface area contributed by atoms with Gasteiger partial charge >= 0.3 is 0 Å². The third-order valence-electron chi connectivity index (χ3n) is 4.58. The molecule has 0 saturated carbocycles. The Kier molecular flexibility index (Phi) is 5.51. The molecule has 26 heavy (non-hydrogen) atoms. The lowest BCUT2D eigenvalue weighted by Crippen LogP contribution is -2.49. The second-order valence-electron chi connectivity index (χ2n) is 7.06. The van der Waals surface area contributed by atoms with Gasteiger partial charge in [0.15, 0.2) is 0 Å². The van der Waals surface area contributed by atoms with Crippen molar-refractivity contribution in [3.63, 3.8) is 0 Å². The van der Waals surface area contributed by atoms with E-state index >= 15 is 0 Å². The largest absolute Gasteiger partial charge is 0.366 e. The zero-order valence-electron chi connectivity index (χ0n) is 15.4. The lowest BCUT2D eigenvalue weighted by atomic mass is 10.2. The Labute approximate surface area is 158 Å². The summed E-state index contributed by atoms with van der Waals surface area (Å²) in [5.41, 5.74) is 1.71. The van der Waals surface area contributed by atoms with Crippen LogP contribution in [0.2, 0.25) is 5.15 Å². The van der Waals surface area contributed by atoms with Crippen LogP contribution in [0.15, 0.2) is 24.3 Å². The summed E-state index contributed by atoms with van der Waals surface area (Å²) in [6.07, 6.45) is 0. The Morgan fingerprint density at radius 3 is 2.50 bits per heavy atom. The molecule has 1 aromatic heterocycles. The number of hydrogen-bond acceptors (Lipinski definition) is 3. The summed E-state index contributed by atoms with van der Waals surface area (Å²) in [7, 11) is 0. The maximum Gasteiger partial charge on any atom is 0.259 e. The molecule has 140 valence electrons. The average molecular weight is 379 g/mol. The normalized spacial score (nSPS) is 15.0. The quantitative estimate of drug-likeness (QED) is 0.816. The molecule has 5 nitrogen and oxygen atoms in total. The van der Waals surface area contributed by atoms with Crippen molar-refractivity contribution in [2.75, 3.05) is 31.1 Å². The van der Waals surface area contributed by atoms with E-state index in [0.717, 1.165) is 0 Å². The first-order chi connectivity index (χ1) is 12.4. The summed E-state index contributed by atoms with van der Waals surface area (Å²) in [5.74, 6) is 0.0517. The fourth-order valence-corrected chi connectivity index (χ4v) is 3.60. The molecule has 1 fully saturated rings. The van der Waals surface area contributed by atoms with Crippen molar-refractivity contribution in [2.45, 2.75) is 27.3 Å². The number of nitrogens with zero attached hydrogens (tertiary/aromatic N) is 4. The number of carbonyl (C=O) groups excluding carboxylic acids is 1. The van der Waals surface area contributed by atoms with Crippen LogP contribution in [-0.2, 0) is 6.54 Å². The van der Waals surface area contributed by atoms with E-state index in [2.05, 4.69) is 18.9 Å². The monoisotopic (exact) mass is 378 g/mol. The van der Waals surface area contributed by atoms with Gasteiger partial charge in [-0.15, -0.1) is 0 Å². The van der Waals surface area contributed by atoms with Crippen LogP contribution in [0.4, 0.5) is 10.1 Å². The van der Waals surface area contributed by atoms with Gasteiger partial charge in [-0.1, -0.05) is 37.6 Å². The molecule has 0 aliphatic carbocycles. The Balaban J connectivity index is 1.71. The van der Waals surface area contributed by atoms with Crippen LogP contribution >= 0.6 is 11.6 Å². The van der Waals surface area contributed by atoms with Gasteiger partial charge < -0.3 is 9.80 Å². The number of amides is 1. The third-order valence-corrected chi connectivity index (χ3v) is 4.96. The number of aromatic nitrogens is 2. The molecule has 3 rings (SSSR count). The highest BCUT2D eigenvalue weighted by Gasteiger charge is 2.28. The van der Waals surface area contributed by atoms with Gasteiger partial charge in [0.2, 0.25) is 0 Å². The fourth-order valence-electron chi connectivity index (χ4n) is 3.28. The van der Waals surface area contributed by atoms with Crippen molar-refractivity contribution < 1.29 is 9.18 Å². The van der Waals surface area contributed by atoms with E-state index < -0.39 is 0 Å². The molecule has 1 amide bonds. The first-order valence-electron chi connectivity index (χ1n) is 8.90. The zero-order valence-corrected chi connectivity index (χ0v) is 16.1. The van der Waals surface area contributed by atoms with Crippen LogP contribution in [-0.4, -0.2) is 46.8 Å².